The first kappa shape index (κ1) is 17.4. The van der Waals surface area contributed by atoms with Gasteiger partial charge in [0, 0.05) is 31.5 Å². The number of carbonyl (C=O) groups excluding carboxylic acids is 1. The molecule has 2 atom stereocenters. The van der Waals surface area contributed by atoms with Gasteiger partial charge >= 0.3 is 5.97 Å². The van der Waals surface area contributed by atoms with E-state index in [2.05, 4.69) is 48.2 Å². The van der Waals surface area contributed by atoms with Gasteiger partial charge in [-0.05, 0) is 24.6 Å². The Hall–Kier alpha value is -2.46. The lowest BCUT2D eigenvalue weighted by Crippen LogP contribution is -2.45. The molecule has 4 heteroatoms. The third kappa shape index (κ3) is 4.54. The first-order chi connectivity index (χ1) is 12.1. The molecule has 25 heavy (non-hydrogen) atoms. The molecule has 1 aliphatic heterocycles. The van der Waals surface area contributed by atoms with E-state index in [9.17, 15) is 4.79 Å². The molecule has 0 aromatic heterocycles. The molecule has 0 spiro atoms. The Morgan fingerprint density at radius 3 is 2.40 bits per heavy atom. The minimum absolute atomic E-state index is 0.267. The summed E-state index contributed by atoms with van der Waals surface area (Å²) < 4.78 is 0. The maximum absolute atomic E-state index is 12.0. The van der Waals surface area contributed by atoms with Crippen molar-refractivity contribution in [2.75, 3.05) is 6.54 Å². The van der Waals surface area contributed by atoms with Gasteiger partial charge in [-0.25, -0.2) is 4.79 Å². The van der Waals surface area contributed by atoms with Crippen molar-refractivity contribution in [2.45, 2.75) is 32.9 Å². The van der Waals surface area contributed by atoms with Crippen molar-refractivity contribution in [1.82, 2.24) is 4.90 Å². The van der Waals surface area contributed by atoms with E-state index in [1.807, 2.05) is 24.3 Å². The molecule has 0 amide bonds. The molecule has 0 N–H and O–H groups in total. The molecule has 1 fully saturated rings. The molecule has 3 rings (SSSR count). The second-order valence-corrected chi connectivity index (χ2v) is 6.70. The standard InChI is InChI=1S/C21H24N2O2/c1-16-14-23(15-18-9-5-3-6-10-18)17(2)13-20(16)22-25-21(24)19-11-7-4-8-12-19/h3-12,16-17H,13-15H2,1-2H3. The van der Waals surface area contributed by atoms with Crippen LogP contribution in [-0.2, 0) is 11.4 Å². The third-order valence-electron chi connectivity index (χ3n) is 4.69. The summed E-state index contributed by atoms with van der Waals surface area (Å²) in [7, 11) is 0. The second-order valence-electron chi connectivity index (χ2n) is 6.70. The molecule has 0 saturated carbocycles. The number of likely N-dealkylation sites (tertiary alicyclic amines) is 1. The highest BCUT2D eigenvalue weighted by molar-refractivity contribution is 5.91. The number of nitrogens with zero attached hydrogens (tertiary/aromatic N) is 2. The van der Waals surface area contributed by atoms with Crippen molar-refractivity contribution in [3.05, 3.63) is 71.8 Å². The third-order valence-corrected chi connectivity index (χ3v) is 4.69. The van der Waals surface area contributed by atoms with Gasteiger partial charge in [0.15, 0.2) is 0 Å². The average Bonchev–Trinajstić information content (AvgIpc) is 2.64. The van der Waals surface area contributed by atoms with Gasteiger partial charge in [-0.1, -0.05) is 60.6 Å². The Bertz CT molecular complexity index is 728. The highest BCUT2D eigenvalue weighted by Gasteiger charge is 2.28. The SMILES string of the molecule is CC1CN(Cc2ccccc2)C(C)CC1=NOC(=O)c1ccccc1. The summed E-state index contributed by atoms with van der Waals surface area (Å²) in [6.45, 7) is 6.18. The smallest absolute Gasteiger partial charge is 0.313 e. The predicted octanol–water partition coefficient (Wildman–Crippen LogP) is 4.13. The second kappa shape index (κ2) is 8.08. The molecular weight excluding hydrogens is 312 g/mol. The molecule has 4 nitrogen and oxygen atoms in total. The van der Waals surface area contributed by atoms with E-state index in [0.717, 1.165) is 25.2 Å². The molecule has 2 aromatic carbocycles. The van der Waals surface area contributed by atoms with Crippen LogP contribution in [0.5, 0.6) is 0 Å². The lowest BCUT2D eigenvalue weighted by Gasteiger charge is -2.37. The largest absolute Gasteiger partial charge is 0.365 e. The van der Waals surface area contributed by atoms with Crippen LogP contribution in [0.25, 0.3) is 0 Å². The minimum atomic E-state index is -0.403. The monoisotopic (exact) mass is 336 g/mol. The fourth-order valence-corrected chi connectivity index (χ4v) is 3.16. The van der Waals surface area contributed by atoms with Gasteiger partial charge < -0.3 is 4.84 Å². The summed E-state index contributed by atoms with van der Waals surface area (Å²) in [5.41, 5.74) is 2.80. The van der Waals surface area contributed by atoms with Gasteiger partial charge in [-0.3, -0.25) is 4.90 Å². The van der Waals surface area contributed by atoms with Crippen LogP contribution in [-0.4, -0.2) is 29.2 Å². The Morgan fingerprint density at radius 1 is 1.08 bits per heavy atom. The van der Waals surface area contributed by atoms with Crippen molar-refractivity contribution < 1.29 is 9.63 Å². The van der Waals surface area contributed by atoms with Gasteiger partial charge in [-0.2, -0.15) is 0 Å². The predicted molar refractivity (Wildman–Crippen MR) is 99.4 cm³/mol. The van der Waals surface area contributed by atoms with Crippen molar-refractivity contribution in [1.29, 1.82) is 0 Å². The molecule has 130 valence electrons. The van der Waals surface area contributed by atoms with Crippen molar-refractivity contribution >= 4 is 11.7 Å². The van der Waals surface area contributed by atoms with Crippen molar-refractivity contribution in [3.8, 4) is 0 Å². The highest BCUT2D eigenvalue weighted by atomic mass is 16.7. The number of rotatable bonds is 4. The molecule has 2 aromatic rings. The molecule has 0 aliphatic carbocycles. The van der Waals surface area contributed by atoms with Crippen LogP contribution < -0.4 is 0 Å². The quantitative estimate of drug-likeness (QED) is 0.623. The zero-order valence-corrected chi connectivity index (χ0v) is 14.8. The molecular formula is C21H24N2O2. The number of piperidine rings is 1. The van der Waals surface area contributed by atoms with Crippen molar-refractivity contribution in [2.24, 2.45) is 11.1 Å². The number of oxime groups is 1. The molecule has 1 aliphatic rings. The van der Waals surface area contributed by atoms with E-state index in [0.29, 0.717) is 11.6 Å². The Kier molecular flexibility index (Phi) is 5.61. The topological polar surface area (TPSA) is 41.9 Å². The van der Waals surface area contributed by atoms with Crippen LogP contribution in [0.3, 0.4) is 0 Å². The summed E-state index contributed by atoms with van der Waals surface area (Å²) >= 11 is 0. The van der Waals surface area contributed by atoms with Gasteiger partial charge in [0.1, 0.15) is 0 Å². The van der Waals surface area contributed by atoms with Gasteiger partial charge in [0.05, 0.1) is 11.3 Å². The van der Waals surface area contributed by atoms with E-state index in [-0.39, 0.29) is 5.92 Å². The number of carbonyl (C=O) groups is 1. The summed E-state index contributed by atoms with van der Waals surface area (Å²) in [6, 6.07) is 19.8. The van der Waals surface area contributed by atoms with E-state index < -0.39 is 5.97 Å². The van der Waals surface area contributed by atoms with E-state index in [1.165, 1.54) is 5.56 Å². The molecule has 2 unspecified atom stereocenters. The average molecular weight is 336 g/mol. The number of benzene rings is 2. The Labute approximate surface area is 149 Å². The van der Waals surface area contributed by atoms with E-state index in [1.54, 1.807) is 12.1 Å². The van der Waals surface area contributed by atoms with E-state index in [4.69, 9.17) is 4.84 Å². The fourth-order valence-electron chi connectivity index (χ4n) is 3.16. The van der Waals surface area contributed by atoms with Crippen LogP contribution in [0.15, 0.2) is 65.8 Å². The Morgan fingerprint density at radius 2 is 1.72 bits per heavy atom. The van der Waals surface area contributed by atoms with Crippen molar-refractivity contribution in [3.63, 3.8) is 0 Å². The first-order valence-electron chi connectivity index (χ1n) is 8.74. The minimum Gasteiger partial charge on any atom is -0.313 e. The number of hydrogen-bond acceptors (Lipinski definition) is 4. The summed E-state index contributed by atoms with van der Waals surface area (Å²) in [4.78, 5) is 19.7. The van der Waals surface area contributed by atoms with Gasteiger partial charge in [0.25, 0.3) is 0 Å². The maximum atomic E-state index is 12.0. The maximum Gasteiger partial charge on any atom is 0.365 e. The van der Waals surface area contributed by atoms with Crippen LogP contribution in [0.1, 0.15) is 36.2 Å². The van der Waals surface area contributed by atoms with Gasteiger partial charge in [-0.15, -0.1) is 0 Å². The Balaban J connectivity index is 1.61. The zero-order chi connectivity index (χ0) is 17.6. The molecule has 0 bridgehead atoms. The zero-order valence-electron chi connectivity index (χ0n) is 14.8. The van der Waals surface area contributed by atoms with Gasteiger partial charge in [0.2, 0.25) is 0 Å². The normalized spacial score (nSPS) is 22.7. The highest BCUT2D eigenvalue weighted by Crippen LogP contribution is 2.22. The number of hydrogen-bond donors (Lipinski definition) is 0. The van der Waals surface area contributed by atoms with Crippen LogP contribution in [0.2, 0.25) is 0 Å². The lowest BCUT2D eigenvalue weighted by atomic mass is 9.92. The van der Waals surface area contributed by atoms with E-state index >= 15 is 0 Å². The van der Waals surface area contributed by atoms with Crippen LogP contribution in [0.4, 0.5) is 0 Å². The summed E-state index contributed by atoms with van der Waals surface area (Å²) in [6.07, 6.45) is 0.816. The van der Waals surface area contributed by atoms with Crippen LogP contribution >= 0.6 is 0 Å². The summed E-state index contributed by atoms with van der Waals surface area (Å²) in [5, 5.41) is 4.17. The lowest BCUT2D eigenvalue weighted by molar-refractivity contribution is 0.0506. The molecule has 1 saturated heterocycles. The van der Waals surface area contributed by atoms with Crippen LogP contribution in [0, 0.1) is 5.92 Å². The fraction of sp³-hybridized carbons (Fsp3) is 0.333. The molecule has 0 radical (unpaired) electrons. The molecule has 1 heterocycles. The summed E-state index contributed by atoms with van der Waals surface area (Å²) in [5.74, 6) is -0.136. The first-order valence-corrected chi connectivity index (χ1v) is 8.74.